The van der Waals surface area contributed by atoms with Gasteiger partial charge in [-0.25, -0.2) is 0 Å². The zero-order chi connectivity index (χ0) is 12.7. The van der Waals surface area contributed by atoms with Crippen LogP contribution in [0.5, 0.6) is 0 Å². The summed E-state index contributed by atoms with van der Waals surface area (Å²) < 4.78 is 0. The maximum Gasteiger partial charge on any atom is 0.0453 e. The van der Waals surface area contributed by atoms with Crippen molar-refractivity contribution in [2.75, 3.05) is 26.7 Å². The van der Waals surface area contributed by atoms with Gasteiger partial charge in [0.15, 0.2) is 0 Å². The van der Waals surface area contributed by atoms with Crippen molar-refractivity contribution in [3.05, 3.63) is 34.9 Å². The molecule has 2 nitrogen and oxygen atoms in total. The molecule has 0 spiro atoms. The lowest BCUT2D eigenvalue weighted by atomic mass is 10.0. The van der Waals surface area contributed by atoms with E-state index in [0.717, 1.165) is 31.1 Å². The minimum atomic E-state index is 0.350. The molecule has 1 atom stereocenters. The predicted molar refractivity (Wildman–Crippen MR) is 75.7 cm³/mol. The molecule has 0 radical (unpaired) electrons. The van der Waals surface area contributed by atoms with Gasteiger partial charge in [0.2, 0.25) is 0 Å². The lowest BCUT2D eigenvalue weighted by Gasteiger charge is -2.22. The Hall–Kier alpha value is -0.570. The first-order valence-electron chi connectivity index (χ1n) is 6.35. The quantitative estimate of drug-likeness (QED) is 0.803. The van der Waals surface area contributed by atoms with Crippen molar-refractivity contribution in [1.82, 2.24) is 10.2 Å². The summed E-state index contributed by atoms with van der Waals surface area (Å²) >= 11 is 6.25. The third kappa shape index (κ3) is 4.66. The second-order valence-corrected chi connectivity index (χ2v) is 4.72. The van der Waals surface area contributed by atoms with E-state index < -0.39 is 0 Å². The molecule has 1 aromatic carbocycles. The Morgan fingerprint density at radius 1 is 1.29 bits per heavy atom. The summed E-state index contributed by atoms with van der Waals surface area (Å²) in [7, 11) is 2.15. The highest BCUT2D eigenvalue weighted by molar-refractivity contribution is 6.31. The Bertz CT molecular complexity index is 328. The van der Waals surface area contributed by atoms with E-state index in [2.05, 4.69) is 43.2 Å². The SMILES string of the molecule is CCNC(CCN(C)CC)c1ccccc1Cl. The fourth-order valence-electron chi connectivity index (χ4n) is 1.88. The maximum atomic E-state index is 6.25. The molecular weight excluding hydrogens is 232 g/mol. The number of nitrogens with one attached hydrogen (secondary N) is 1. The van der Waals surface area contributed by atoms with E-state index in [4.69, 9.17) is 11.6 Å². The van der Waals surface area contributed by atoms with Gasteiger partial charge in [-0.15, -0.1) is 0 Å². The van der Waals surface area contributed by atoms with Gasteiger partial charge in [0.25, 0.3) is 0 Å². The van der Waals surface area contributed by atoms with Gasteiger partial charge in [-0.2, -0.15) is 0 Å². The number of nitrogens with zero attached hydrogens (tertiary/aromatic N) is 1. The van der Waals surface area contributed by atoms with E-state index in [-0.39, 0.29) is 0 Å². The van der Waals surface area contributed by atoms with Crippen LogP contribution in [0.25, 0.3) is 0 Å². The Morgan fingerprint density at radius 3 is 2.59 bits per heavy atom. The summed E-state index contributed by atoms with van der Waals surface area (Å²) in [6.07, 6.45) is 1.09. The van der Waals surface area contributed by atoms with E-state index in [0.29, 0.717) is 6.04 Å². The number of rotatable bonds is 7. The van der Waals surface area contributed by atoms with Crippen LogP contribution in [-0.4, -0.2) is 31.6 Å². The molecule has 1 aromatic rings. The lowest BCUT2D eigenvalue weighted by molar-refractivity contribution is 0.322. The fraction of sp³-hybridized carbons (Fsp3) is 0.571. The lowest BCUT2D eigenvalue weighted by Crippen LogP contribution is -2.27. The van der Waals surface area contributed by atoms with Gasteiger partial charge in [-0.3, -0.25) is 0 Å². The van der Waals surface area contributed by atoms with Gasteiger partial charge in [-0.05, 0) is 44.7 Å². The molecule has 0 heterocycles. The molecule has 0 aliphatic heterocycles. The van der Waals surface area contributed by atoms with Crippen LogP contribution in [0.2, 0.25) is 5.02 Å². The molecule has 0 saturated carbocycles. The summed E-state index contributed by atoms with van der Waals surface area (Å²) in [5.74, 6) is 0. The summed E-state index contributed by atoms with van der Waals surface area (Å²) in [6, 6.07) is 8.46. The number of hydrogen-bond acceptors (Lipinski definition) is 2. The highest BCUT2D eigenvalue weighted by Crippen LogP contribution is 2.24. The standard InChI is InChI=1S/C14H23ClN2/c1-4-16-14(10-11-17(3)5-2)12-8-6-7-9-13(12)15/h6-9,14,16H,4-5,10-11H2,1-3H3. The molecule has 0 bridgehead atoms. The molecule has 0 aromatic heterocycles. The van der Waals surface area contributed by atoms with E-state index in [9.17, 15) is 0 Å². The molecule has 1 unspecified atom stereocenters. The third-order valence-corrected chi connectivity index (χ3v) is 3.41. The summed E-state index contributed by atoms with van der Waals surface area (Å²) in [5, 5.41) is 4.37. The topological polar surface area (TPSA) is 15.3 Å². The molecular formula is C14H23ClN2. The molecule has 17 heavy (non-hydrogen) atoms. The van der Waals surface area contributed by atoms with Gasteiger partial charge >= 0.3 is 0 Å². The van der Waals surface area contributed by atoms with Gasteiger partial charge in [-0.1, -0.05) is 43.6 Å². The van der Waals surface area contributed by atoms with Crippen molar-refractivity contribution in [2.24, 2.45) is 0 Å². The predicted octanol–water partition coefficient (Wildman–Crippen LogP) is 3.33. The van der Waals surface area contributed by atoms with Gasteiger partial charge in [0.1, 0.15) is 0 Å². The number of hydrogen-bond donors (Lipinski definition) is 1. The monoisotopic (exact) mass is 254 g/mol. The van der Waals surface area contributed by atoms with Gasteiger partial charge in [0.05, 0.1) is 0 Å². The molecule has 96 valence electrons. The Morgan fingerprint density at radius 2 is 2.00 bits per heavy atom. The molecule has 0 aliphatic rings. The first-order valence-corrected chi connectivity index (χ1v) is 6.73. The molecule has 0 saturated heterocycles. The smallest absolute Gasteiger partial charge is 0.0453 e. The molecule has 0 amide bonds. The zero-order valence-electron chi connectivity index (χ0n) is 11.0. The summed E-state index contributed by atoms with van der Waals surface area (Å²) in [5.41, 5.74) is 1.21. The van der Waals surface area contributed by atoms with Crippen molar-refractivity contribution in [3.63, 3.8) is 0 Å². The van der Waals surface area contributed by atoms with Crippen LogP contribution < -0.4 is 5.32 Å². The molecule has 0 fully saturated rings. The minimum absolute atomic E-state index is 0.350. The highest BCUT2D eigenvalue weighted by atomic mass is 35.5. The van der Waals surface area contributed by atoms with Crippen molar-refractivity contribution >= 4 is 11.6 Å². The van der Waals surface area contributed by atoms with E-state index in [1.165, 1.54) is 5.56 Å². The van der Waals surface area contributed by atoms with E-state index in [1.807, 2.05) is 12.1 Å². The summed E-state index contributed by atoms with van der Waals surface area (Å²) in [4.78, 5) is 2.32. The van der Waals surface area contributed by atoms with Crippen molar-refractivity contribution in [2.45, 2.75) is 26.3 Å². The highest BCUT2D eigenvalue weighted by Gasteiger charge is 2.13. The largest absolute Gasteiger partial charge is 0.310 e. The Kier molecular flexibility index (Phi) is 6.56. The average Bonchev–Trinajstić information content (AvgIpc) is 2.35. The van der Waals surface area contributed by atoms with Crippen molar-refractivity contribution < 1.29 is 0 Å². The van der Waals surface area contributed by atoms with Crippen LogP contribution in [0.15, 0.2) is 24.3 Å². The third-order valence-electron chi connectivity index (χ3n) is 3.07. The van der Waals surface area contributed by atoms with E-state index >= 15 is 0 Å². The maximum absolute atomic E-state index is 6.25. The molecule has 0 aliphatic carbocycles. The van der Waals surface area contributed by atoms with Gasteiger partial charge < -0.3 is 10.2 Å². The van der Waals surface area contributed by atoms with Crippen molar-refractivity contribution in [3.8, 4) is 0 Å². The molecule has 1 rings (SSSR count). The minimum Gasteiger partial charge on any atom is -0.310 e. The first-order chi connectivity index (χ1) is 8.19. The molecule has 3 heteroatoms. The van der Waals surface area contributed by atoms with Crippen LogP contribution >= 0.6 is 11.6 Å². The number of benzene rings is 1. The first kappa shape index (κ1) is 14.5. The second-order valence-electron chi connectivity index (χ2n) is 4.32. The number of halogens is 1. The zero-order valence-corrected chi connectivity index (χ0v) is 11.8. The Balaban J connectivity index is 2.68. The molecule has 1 N–H and O–H groups in total. The van der Waals surface area contributed by atoms with Crippen LogP contribution in [0.3, 0.4) is 0 Å². The van der Waals surface area contributed by atoms with E-state index in [1.54, 1.807) is 0 Å². The van der Waals surface area contributed by atoms with Gasteiger partial charge in [0, 0.05) is 11.1 Å². The van der Waals surface area contributed by atoms with Crippen LogP contribution in [0, 0.1) is 0 Å². The second kappa shape index (κ2) is 7.70. The average molecular weight is 255 g/mol. The normalized spacial score (nSPS) is 13.0. The van der Waals surface area contributed by atoms with Crippen LogP contribution in [-0.2, 0) is 0 Å². The fourth-order valence-corrected chi connectivity index (χ4v) is 2.15. The summed E-state index contributed by atoms with van der Waals surface area (Å²) in [6.45, 7) is 7.44. The van der Waals surface area contributed by atoms with Crippen LogP contribution in [0.4, 0.5) is 0 Å². The Labute approximate surface area is 110 Å². The van der Waals surface area contributed by atoms with Crippen molar-refractivity contribution in [1.29, 1.82) is 0 Å². The van der Waals surface area contributed by atoms with Crippen LogP contribution in [0.1, 0.15) is 31.9 Å².